The van der Waals surface area contributed by atoms with Gasteiger partial charge in [0.2, 0.25) is 10.0 Å². The summed E-state index contributed by atoms with van der Waals surface area (Å²) in [7, 11) is -1.44. The van der Waals surface area contributed by atoms with E-state index in [0.717, 1.165) is 14.1 Å². The molecule has 3 N–H and O–H groups in total. The summed E-state index contributed by atoms with van der Waals surface area (Å²) in [6.45, 7) is 3.93. The summed E-state index contributed by atoms with van der Waals surface area (Å²) in [6, 6.07) is 6.40. The van der Waals surface area contributed by atoms with E-state index in [2.05, 4.69) is 10.6 Å². The highest BCUT2D eigenvalue weighted by Crippen LogP contribution is 2.40. The first-order valence-corrected chi connectivity index (χ1v) is 12.0. The van der Waals surface area contributed by atoms with Gasteiger partial charge in [-0.05, 0) is 37.6 Å². The van der Waals surface area contributed by atoms with Crippen LogP contribution < -0.4 is 21.5 Å². The molecule has 0 fully saturated rings. The van der Waals surface area contributed by atoms with Gasteiger partial charge in [0.25, 0.3) is 10.9 Å². The van der Waals surface area contributed by atoms with Crippen molar-refractivity contribution in [2.75, 3.05) is 24.7 Å². The molecule has 31 heavy (non-hydrogen) atoms. The maximum Gasteiger partial charge on any atom is 0.253 e. The number of aryl methyl sites for hydroxylation is 1. The first-order chi connectivity index (χ1) is 14.5. The van der Waals surface area contributed by atoms with Gasteiger partial charge in [0.1, 0.15) is 16.3 Å². The molecular formula is C20H22ClN3O5S2. The third-order valence-corrected chi connectivity index (χ3v) is 8.26. The summed E-state index contributed by atoms with van der Waals surface area (Å²) in [4.78, 5) is 26.1. The van der Waals surface area contributed by atoms with Crippen molar-refractivity contribution in [3.8, 4) is 5.75 Å². The van der Waals surface area contributed by atoms with E-state index >= 15 is 0 Å². The van der Waals surface area contributed by atoms with Gasteiger partial charge in [0.05, 0.1) is 16.8 Å². The van der Waals surface area contributed by atoms with Crippen LogP contribution in [0.2, 0.25) is 5.02 Å². The minimum atomic E-state index is -4.05. The number of halogens is 1. The molecule has 0 spiro atoms. The third kappa shape index (κ3) is 4.20. The van der Waals surface area contributed by atoms with Crippen LogP contribution in [0.4, 0.5) is 17.1 Å². The predicted molar refractivity (Wildman–Crippen MR) is 124 cm³/mol. The Morgan fingerprint density at radius 1 is 1.13 bits per heavy atom. The van der Waals surface area contributed by atoms with Crippen LogP contribution in [0.1, 0.15) is 29.1 Å². The number of phenolic OH excluding ortho intramolecular Hbond substituents is 1. The number of thiophene rings is 1. The summed E-state index contributed by atoms with van der Waals surface area (Å²) in [5.41, 5.74) is -1.44. The highest BCUT2D eigenvalue weighted by molar-refractivity contribution is 7.89. The highest BCUT2D eigenvalue weighted by Gasteiger charge is 2.29. The van der Waals surface area contributed by atoms with Gasteiger partial charge in [0.15, 0.2) is 5.75 Å². The Bertz CT molecular complexity index is 1310. The Hall–Kier alpha value is -2.40. The number of hydrogen-bond acceptors (Lipinski definition) is 8. The zero-order valence-corrected chi connectivity index (χ0v) is 19.7. The van der Waals surface area contributed by atoms with E-state index in [9.17, 15) is 23.1 Å². The molecule has 0 bridgehead atoms. The topological polar surface area (TPSA) is 116 Å². The molecule has 11 heteroatoms. The number of sulfonamides is 1. The fraction of sp³-hybridized carbons (Fsp3) is 0.300. The van der Waals surface area contributed by atoms with Gasteiger partial charge in [-0.2, -0.15) is 0 Å². The lowest BCUT2D eigenvalue weighted by Gasteiger charge is -2.22. The van der Waals surface area contributed by atoms with E-state index in [0.29, 0.717) is 6.42 Å². The van der Waals surface area contributed by atoms with E-state index in [4.69, 9.17) is 11.6 Å². The third-order valence-electron chi connectivity index (χ3n) is 4.82. The molecule has 0 aliphatic carbocycles. The van der Waals surface area contributed by atoms with Crippen molar-refractivity contribution in [3.05, 3.63) is 59.5 Å². The van der Waals surface area contributed by atoms with Crippen LogP contribution >= 0.6 is 22.9 Å². The molecule has 3 rings (SSSR count). The van der Waals surface area contributed by atoms with Crippen molar-refractivity contribution in [2.45, 2.75) is 31.2 Å². The second-order valence-corrected chi connectivity index (χ2v) is 11.0. The first-order valence-electron chi connectivity index (χ1n) is 9.36. The lowest BCUT2D eigenvalue weighted by molar-refractivity contribution is 0.455. The lowest BCUT2D eigenvalue weighted by Crippen LogP contribution is -2.37. The molecule has 0 saturated heterocycles. The summed E-state index contributed by atoms with van der Waals surface area (Å²) in [5, 5.41) is 16.2. The number of aromatic hydroxyl groups is 1. The van der Waals surface area contributed by atoms with Crippen LogP contribution in [0.15, 0.2) is 38.8 Å². The molecule has 0 saturated carbocycles. The molecule has 0 unspecified atom stereocenters. The predicted octanol–water partition coefficient (Wildman–Crippen LogP) is 3.57. The Labute approximate surface area is 188 Å². The molecule has 0 aliphatic heterocycles. The number of anilines is 3. The maximum absolute atomic E-state index is 12.5. The van der Waals surface area contributed by atoms with Crippen LogP contribution in [0, 0.1) is 6.92 Å². The van der Waals surface area contributed by atoms with Crippen LogP contribution in [-0.4, -0.2) is 31.9 Å². The minimum absolute atomic E-state index is 0.0393. The standard InChI is InChI=1S/C20H22ClN3O5S2/c1-5-12(14-9-6-10(2)30-14)22-15-16(19(27)18(15)26)23-13-8-7-11(21)20(17(13)25)31(28,29)24(3)4/h6-9,12,22-23,25H,5H2,1-4H3/t12-/m1/s1. The maximum atomic E-state index is 12.5. The molecule has 1 heterocycles. The number of nitrogens with one attached hydrogen (secondary N) is 2. The molecule has 8 nitrogen and oxygen atoms in total. The molecule has 1 atom stereocenters. The number of benzene rings is 1. The average Bonchev–Trinajstić information content (AvgIpc) is 3.14. The van der Waals surface area contributed by atoms with Gasteiger partial charge in [-0.15, -0.1) is 11.3 Å². The Morgan fingerprint density at radius 2 is 1.77 bits per heavy atom. The molecule has 3 aromatic rings. The van der Waals surface area contributed by atoms with E-state index < -0.39 is 31.5 Å². The highest BCUT2D eigenvalue weighted by atomic mass is 35.5. The van der Waals surface area contributed by atoms with Gasteiger partial charge in [-0.3, -0.25) is 9.59 Å². The monoisotopic (exact) mass is 483 g/mol. The fourth-order valence-corrected chi connectivity index (χ4v) is 5.54. The largest absolute Gasteiger partial charge is 0.504 e. The summed E-state index contributed by atoms with van der Waals surface area (Å²) in [5.74, 6) is -0.638. The smallest absolute Gasteiger partial charge is 0.253 e. The van der Waals surface area contributed by atoms with E-state index in [1.807, 2.05) is 26.0 Å². The zero-order valence-electron chi connectivity index (χ0n) is 17.3. The normalized spacial score (nSPS) is 13.0. The van der Waals surface area contributed by atoms with Crippen LogP contribution in [0.3, 0.4) is 0 Å². The minimum Gasteiger partial charge on any atom is -0.504 e. The van der Waals surface area contributed by atoms with Crippen molar-refractivity contribution < 1.29 is 13.5 Å². The van der Waals surface area contributed by atoms with Crippen molar-refractivity contribution in [1.29, 1.82) is 0 Å². The van der Waals surface area contributed by atoms with Gasteiger partial charge < -0.3 is 15.7 Å². The molecule has 0 amide bonds. The molecule has 0 aliphatic rings. The summed E-state index contributed by atoms with van der Waals surface area (Å²) >= 11 is 7.60. The summed E-state index contributed by atoms with van der Waals surface area (Å²) < 4.78 is 26.0. The molecule has 166 valence electrons. The Morgan fingerprint density at radius 3 is 2.32 bits per heavy atom. The average molecular weight is 484 g/mol. The van der Waals surface area contributed by atoms with Gasteiger partial charge in [0, 0.05) is 23.8 Å². The molecule has 2 aromatic carbocycles. The second-order valence-electron chi connectivity index (χ2n) is 7.15. The Balaban J connectivity index is 1.98. The first kappa shape index (κ1) is 23.3. The Kier molecular flexibility index (Phi) is 6.47. The quantitative estimate of drug-likeness (QED) is 0.331. The van der Waals surface area contributed by atoms with E-state index in [-0.39, 0.29) is 28.1 Å². The van der Waals surface area contributed by atoms with Gasteiger partial charge in [-0.1, -0.05) is 18.5 Å². The van der Waals surface area contributed by atoms with Crippen molar-refractivity contribution >= 4 is 50.0 Å². The summed E-state index contributed by atoms with van der Waals surface area (Å²) in [6.07, 6.45) is 0.676. The van der Waals surface area contributed by atoms with Gasteiger partial charge in [-0.25, -0.2) is 12.7 Å². The fourth-order valence-electron chi connectivity index (χ4n) is 3.05. The number of phenols is 1. The van der Waals surface area contributed by atoms with Crippen molar-refractivity contribution in [1.82, 2.24) is 4.31 Å². The number of hydrogen-bond donors (Lipinski definition) is 3. The molecule has 0 radical (unpaired) electrons. The SMILES string of the molecule is CC[C@@H](Nc1c(Nc2ccc(Cl)c(S(=O)(=O)N(C)C)c2O)c(=O)c1=O)c1ccc(C)s1. The zero-order chi connectivity index (χ0) is 23.1. The van der Waals surface area contributed by atoms with Crippen LogP contribution in [0.5, 0.6) is 5.75 Å². The molecule has 1 aromatic heterocycles. The van der Waals surface area contributed by atoms with E-state index in [1.54, 1.807) is 11.3 Å². The second kappa shape index (κ2) is 8.62. The van der Waals surface area contributed by atoms with Crippen LogP contribution in [-0.2, 0) is 10.0 Å². The van der Waals surface area contributed by atoms with Gasteiger partial charge >= 0.3 is 0 Å². The number of rotatable bonds is 8. The van der Waals surface area contributed by atoms with Crippen molar-refractivity contribution in [2.24, 2.45) is 0 Å². The number of nitrogens with zero attached hydrogens (tertiary/aromatic N) is 1. The van der Waals surface area contributed by atoms with Crippen molar-refractivity contribution in [3.63, 3.8) is 0 Å². The molecular weight excluding hydrogens is 462 g/mol. The van der Waals surface area contributed by atoms with Crippen LogP contribution in [0.25, 0.3) is 0 Å². The lowest BCUT2D eigenvalue weighted by atomic mass is 10.1. The van der Waals surface area contributed by atoms with E-state index in [1.165, 1.54) is 26.2 Å².